The standard InChI is InChI=1S/C14H20FNO3S/c1-3-4-5-13(9-17)16-20(18,19)10-12-7-6-11(2)8-14(12)15/h3-4,6-8,13,16-17H,5,9-10H2,1-2H3/b4-3+/t13-/m1/s1. The van der Waals surface area contributed by atoms with Crippen LogP contribution in [0, 0.1) is 12.7 Å². The van der Waals surface area contributed by atoms with Crippen LogP contribution in [0.3, 0.4) is 0 Å². The Morgan fingerprint density at radius 1 is 1.45 bits per heavy atom. The first-order valence-electron chi connectivity index (χ1n) is 6.35. The fraction of sp³-hybridized carbons (Fsp3) is 0.429. The van der Waals surface area contributed by atoms with Crippen LogP contribution >= 0.6 is 0 Å². The van der Waals surface area contributed by atoms with Gasteiger partial charge < -0.3 is 5.11 Å². The molecular formula is C14H20FNO3S. The third-order valence-corrected chi connectivity index (χ3v) is 4.16. The van der Waals surface area contributed by atoms with Gasteiger partial charge in [0.15, 0.2) is 0 Å². The summed E-state index contributed by atoms with van der Waals surface area (Å²) in [5.41, 5.74) is 0.851. The molecule has 1 atom stereocenters. The average molecular weight is 301 g/mol. The normalized spacial score (nSPS) is 13.8. The minimum Gasteiger partial charge on any atom is -0.395 e. The van der Waals surface area contributed by atoms with Gasteiger partial charge in [-0.3, -0.25) is 0 Å². The largest absolute Gasteiger partial charge is 0.395 e. The van der Waals surface area contributed by atoms with E-state index in [0.717, 1.165) is 5.56 Å². The van der Waals surface area contributed by atoms with Crippen LogP contribution in [0.4, 0.5) is 4.39 Å². The van der Waals surface area contributed by atoms with Crippen LogP contribution < -0.4 is 4.72 Å². The molecule has 0 heterocycles. The summed E-state index contributed by atoms with van der Waals surface area (Å²) in [7, 11) is -3.70. The molecule has 20 heavy (non-hydrogen) atoms. The molecule has 0 radical (unpaired) electrons. The lowest BCUT2D eigenvalue weighted by Crippen LogP contribution is -2.37. The summed E-state index contributed by atoms with van der Waals surface area (Å²) in [6.45, 7) is 3.24. The smallest absolute Gasteiger partial charge is 0.216 e. The monoisotopic (exact) mass is 301 g/mol. The number of rotatable bonds is 7. The number of benzene rings is 1. The van der Waals surface area contributed by atoms with Crippen molar-refractivity contribution < 1.29 is 17.9 Å². The van der Waals surface area contributed by atoms with E-state index in [1.54, 1.807) is 25.1 Å². The van der Waals surface area contributed by atoms with Crippen molar-refractivity contribution in [2.75, 3.05) is 6.61 Å². The molecule has 0 aliphatic heterocycles. The van der Waals surface area contributed by atoms with Gasteiger partial charge in [0.05, 0.1) is 12.4 Å². The van der Waals surface area contributed by atoms with Gasteiger partial charge in [-0.2, -0.15) is 0 Å². The van der Waals surface area contributed by atoms with Crippen molar-refractivity contribution in [1.29, 1.82) is 0 Å². The van der Waals surface area contributed by atoms with E-state index in [0.29, 0.717) is 6.42 Å². The lowest BCUT2D eigenvalue weighted by molar-refractivity contribution is 0.257. The Labute approximate surface area is 119 Å². The van der Waals surface area contributed by atoms with E-state index in [2.05, 4.69) is 4.72 Å². The summed E-state index contributed by atoms with van der Waals surface area (Å²) in [4.78, 5) is 0. The number of aryl methyl sites for hydroxylation is 1. The first-order valence-corrected chi connectivity index (χ1v) is 8.00. The van der Waals surface area contributed by atoms with Gasteiger partial charge >= 0.3 is 0 Å². The molecule has 0 spiro atoms. The summed E-state index contributed by atoms with van der Waals surface area (Å²) in [6, 6.07) is 3.83. The highest BCUT2D eigenvalue weighted by molar-refractivity contribution is 7.88. The Kier molecular flexibility index (Phi) is 6.32. The maximum absolute atomic E-state index is 13.6. The van der Waals surface area contributed by atoms with Gasteiger partial charge in [-0.25, -0.2) is 17.5 Å². The second kappa shape index (κ2) is 7.52. The minimum atomic E-state index is -3.70. The molecule has 112 valence electrons. The lowest BCUT2D eigenvalue weighted by atomic mass is 10.2. The molecule has 1 aromatic carbocycles. The van der Waals surface area contributed by atoms with E-state index < -0.39 is 27.6 Å². The number of allylic oxidation sites excluding steroid dienone is 1. The van der Waals surface area contributed by atoms with Crippen LogP contribution in [0.1, 0.15) is 24.5 Å². The second-order valence-corrected chi connectivity index (χ2v) is 6.41. The highest BCUT2D eigenvalue weighted by Gasteiger charge is 2.18. The first-order chi connectivity index (χ1) is 9.38. The summed E-state index contributed by atoms with van der Waals surface area (Å²) in [5, 5.41) is 9.14. The molecule has 1 rings (SSSR count). The van der Waals surface area contributed by atoms with Crippen molar-refractivity contribution in [3.63, 3.8) is 0 Å². The van der Waals surface area contributed by atoms with Crippen molar-refractivity contribution in [1.82, 2.24) is 4.72 Å². The van der Waals surface area contributed by atoms with Crippen LogP contribution in [0.15, 0.2) is 30.4 Å². The van der Waals surface area contributed by atoms with Crippen molar-refractivity contribution >= 4 is 10.0 Å². The highest BCUT2D eigenvalue weighted by atomic mass is 32.2. The Morgan fingerprint density at radius 3 is 2.70 bits per heavy atom. The molecule has 4 nitrogen and oxygen atoms in total. The Morgan fingerprint density at radius 2 is 2.15 bits per heavy atom. The number of aliphatic hydroxyl groups excluding tert-OH is 1. The van der Waals surface area contributed by atoms with Gasteiger partial charge in [0.2, 0.25) is 10.0 Å². The topological polar surface area (TPSA) is 66.4 Å². The quantitative estimate of drug-likeness (QED) is 0.756. The molecule has 2 N–H and O–H groups in total. The maximum atomic E-state index is 13.6. The zero-order valence-electron chi connectivity index (χ0n) is 11.6. The third-order valence-electron chi connectivity index (χ3n) is 2.78. The first kappa shape index (κ1) is 16.8. The zero-order valence-corrected chi connectivity index (χ0v) is 12.5. The van der Waals surface area contributed by atoms with E-state index in [1.165, 1.54) is 12.1 Å². The van der Waals surface area contributed by atoms with Crippen LogP contribution in [0.2, 0.25) is 0 Å². The molecule has 0 saturated carbocycles. The number of halogens is 1. The number of nitrogens with one attached hydrogen (secondary N) is 1. The predicted octanol–water partition coefficient (Wildman–Crippen LogP) is 1.88. The number of aliphatic hydroxyl groups is 1. The second-order valence-electron chi connectivity index (χ2n) is 4.66. The van der Waals surface area contributed by atoms with Crippen molar-refractivity contribution in [3.05, 3.63) is 47.3 Å². The summed E-state index contributed by atoms with van der Waals surface area (Å²) < 4.78 is 39.9. The fourth-order valence-corrected chi connectivity index (χ4v) is 3.14. The van der Waals surface area contributed by atoms with Crippen LogP contribution in [0.25, 0.3) is 0 Å². The Hall–Kier alpha value is -1.24. The van der Waals surface area contributed by atoms with E-state index in [9.17, 15) is 12.8 Å². The van der Waals surface area contributed by atoms with Crippen LogP contribution in [-0.2, 0) is 15.8 Å². The molecule has 0 amide bonds. The van der Waals surface area contributed by atoms with Gasteiger partial charge in [0.25, 0.3) is 0 Å². The van der Waals surface area contributed by atoms with Gasteiger partial charge in [0, 0.05) is 11.6 Å². The Bertz CT molecular complexity index is 570. The predicted molar refractivity (Wildman–Crippen MR) is 77.2 cm³/mol. The van der Waals surface area contributed by atoms with Gasteiger partial charge in [-0.05, 0) is 31.9 Å². The molecular weight excluding hydrogens is 281 g/mol. The third kappa shape index (κ3) is 5.40. The van der Waals surface area contributed by atoms with Gasteiger partial charge in [-0.1, -0.05) is 24.3 Å². The van der Waals surface area contributed by atoms with E-state index >= 15 is 0 Å². The Balaban J connectivity index is 2.78. The minimum absolute atomic E-state index is 0.117. The zero-order chi connectivity index (χ0) is 15.2. The molecule has 0 aromatic heterocycles. The fourth-order valence-electron chi connectivity index (χ4n) is 1.73. The molecule has 0 unspecified atom stereocenters. The van der Waals surface area contributed by atoms with Crippen LogP contribution in [0.5, 0.6) is 0 Å². The van der Waals surface area contributed by atoms with Crippen LogP contribution in [-0.4, -0.2) is 26.2 Å². The molecule has 0 bridgehead atoms. The molecule has 0 aliphatic carbocycles. The highest BCUT2D eigenvalue weighted by Crippen LogP contribution is 2.13. The molecule has 0 saturated heterocycles. The summed E-state index contributed by atoms with van der Waals surface area (Å²) >= 11 is 0. The average Bonchev–Trinajstić information content (AvgIpc) is 2.37. The van der Waals surface area contributed by atoms with Crippen molar-refractivity contribution in [2.45, 2.75) is 32.1 Å². The van der Waals surface area contributed by atoms with E-state index in [1.807, 2.05) is 6.92 Å². The van der Waals surface area contributed by atoms with E-state index in [4.69, 9.17) is 5.11 Å². The number of hydrogen-bond donors (Lipinski definition) is 2. The summed E-state index contributed by atoms with van der Waals surface area (Å²) in [5.74, 6) is -0.977. The van der Waals surface area contributed by atoms with E-state index in [-0.39, 0.29) is 12.2 Å². The number of sulfonamides is 1. The molecule has 6 heteroatoms. The number of hydrogen-bond acceptors (Lipinski definition) is 3. The molecule has 0 aliphatic rings. The molecule has 1 aromatic rings. The summed E-state index contributed by atoms with van der Waals surface area (Å²) in [6.07, 6.45) is 3.93. The van der Waals surface area contributed by atoms with Gasteiger partial charge in [0.1, 0.15) is 5.82 Å². The maximum Gasteiger partial charge on any atom is 0.216 e. The van der Waals surface area contributed by atoms with Crippen molar-refractivity contribution in [2.24, 2.45) is 0 Å². The molecule has 0 fully saturated rings. The lowest BCUT2D eigenvalue weighted by Gasteiger charge is -2.15. The SMILES string of the molecule is C/C=C/C[C@H](CO)NS(=O)(=O)Cc1ccc(C)cc1F. The van der Waals surface area contributed by atoms with Gasteiger partial charge in [-0.15, -0.1) is 0 Å². The van der Waals surface area contributed by atoms with Crippen molar-refractivity contribution in [3.8, 4) is 0 Å².